The van der Waals surface area contributed by atoms with Crippen LogP contribution in [0.2, 0.25) is 0 Å². The van der Waals surface area contributed by atoms with Gasteiger partial charge in [0, 0.05) is 19.1 Å². The van der Waals surface area contributed by atoms with Gasteiger partial charge in [-0.2, -0.15) is 0 Å². The molecular formula is C18H25N3O2. The van der Waals surface area contributed by atoms with E-state index in [1.807, 2.05) is 0 Å². The van der Waals surface area contributed by atoms with Gasteiger partial charge in [0.05, 0.1) is 11.0 Å². The number of hydrogen-bond acceptors (Lipinski definition) is 3. The van der Waals surface area contributed by atoms with E-state index >= 15 is 0 Å². The molecule has 1 N–H and O–H groups in total. The number of benzene rings is 1. The number of amides is 1. The molecule has 1 aromatic carbocycles. The first-order valence-electron chi connectivity index (χ1n) is 8.38. The summed E-state index contributed by atoms with van der Waals surface area (Å²) in [7, 11) is 0. The number of fused-ring (bicyclic) bond motifs is 1. The molecule has 5 nitrogen and oxygen atoms in total. The van der Waals surface area contributed by atoms with Crippen LogP contribution in [0, 0.1) is 6.92 Å². The van der Waals surface area contributed by atoms with E-state index in [1.54, 1.807) is 4.90 Å². The summed E-state index contributed by atoms with van der Waals surface area (Å²) in [5.41, 5.74) is 3.56. The molecule has 1 aliphatic rings. The molecular weight excluding hydrogens is 290 g/mol. The predicted molar refractivity (Wildman–Crippen MR) is 90.5 cm³/mol. The first-order chi connectivity index (χ1) is 11.0. The summed E-state index contributed by atoms with van der Waals surface area (Å²) >= 11 is 0. The van der Waals surface area contributed by atoms with Crippen LogP contribution in [0.5, 0.6) is 0 Å². The molecule has 3 rings (SSSR count). The summed E-state index contributed by atoms with van der Waals surface area (Å²) in [6.07, 6.45) is 1.81. The number of imidazole rings is 1. The molecule has 1 aromatic heterocycles. The van der Waals surface area contributed by atoms with Crippen molar-refractivity contribution in [1.82, 2.24) is 14.5 Å². The summed E-state index contributed by atoms with van der Waals surface area (Å²) in [6.45, 7) is 7.47. The van der Waals surface area contributed by atoms with Gasteiger partial charge in [-0.15, -0.1) is 0 Å². The standard InChI is InChI=1S/C18H25N3O2/c1-12(2)14-4-5-16-17(10-14)21(13(3)19-16)15-6-8-20(9-7-15)18(23)11-22/h4-5,10,12,15,22H,6-9,11H2,1-3H3. The zero-order chi connectivity index (χ0) is 16.6. The molecule has 23 heavy (non-hydrogen) atoms. The Morgan fingerprint density at radius 1 is 1.35 bits per heavy atom. The van der Waals surface area contributed by atoms with Crippen molar-refractivity contribution in [2.24, 2.45) is 0 Å². The minimum atomic E-state index is -0.393. The van der Waals surface area contributed by atoms with E-state index in [1.165, 1.54) is 11.1 Å². The molecule has 1 saturated heterocycles. The maximum Gasteiger partial charge on any atom is 0.248 e. The van der Waals surface area contributed by atoms with E-state index in [4.69, 9.17) is 10.1 Å². The summed E-state index contributed by atoms with van der Waals surface area (Å²) in [6, 6.07) is 6.89. The highest BCUT2D eigenvalue weighted by atomic mass is 16.3. The second-order valence-electron chi connectivity index (χ2n) is 6.70. The lowest BCUT2D eigenvalue weighted by Gasteiger charge is -2.33. The lowest BCUT2D eigenvalue weighted by Crippen LogP contribution is -2.40. The van der Waals surface area contributed by atoms with Gasteiger partial charge in [-0.25, -0.2) is 4.98 Å². The van der Waals surface area contributed by atoms with Crippen molar-refractivity contribution in [1.29, 1.82) is 0 Å². The summed E-state index contributed by atoms with van der Waals surface area (Å²) < 4.78 is 2.34. The van der Waals surface area contributed by atoms with Gasteiger partial charge in [0.25, 0.3) is 0 Å². The predicted octanol–water partition coefficient (Wildman–Crippen LogP) is 2.62. The van der Waals surface area contributed by atoms with Gasteiger partial charge in [-0.05, 0) is 43.4 Å². The summed E-state index contributed by atoms with van der Waals surface area (Å²) in [5.74, 6) is 1.36. The number of aryl methyl sites for hydroxylation is 1. The third kappa shape index (κ3) is 2.98. The Labute approximate surface area is 136 Å². The SMILES string of the molecule is Cc1nc2ccc(C(C)C)cc2n1C1CCN(C(=O)CO)CC1. The zero-order valence-electron chi connectivity index (χ0n) is 14.1. The Balaban J connectivity index is 1.89. The first kappa shape index (κ1) is 16.0. The minimum absolute atomic E-state index is 0.169. The van der Waals surface area contributed by atoms with Crippen LogP contribution in [0.1, 0.15) is 50.0 Å². The number of nitrogens with zero attached hydrogens (tertiary/aromatic N) is 3. The average molecular weight is 315 g/mol. The molecule has 0 spiro atoms. The van der Waals surface area contributed by atoms with Crippen molar-refractivity contribution >= 4 is 16.9 Å². The average Bonchev–Trinajstić information content (AvgIpc) is 2.89. The number of hydrogen-bond donors (Lipinski definition) is 1. The molecule has 2 aromatic rings. The Bertz CT molecular complexity index is 712. The van der Waals surface area contributed by atoms with Gasteiger partial charge < -0.3 is 14.6 Å². The van der Waals surface area contributed by atoms with Crippen LogP contribution < -0.4 is 0 Å². The normalized spacial score (nSPS) is 16.5. The fourth-order valence-corrected chi connectivity index (χ4v) is 3.52. The second-order valence-corrected chi connectivity index (χ2v) is 6.70. The van der Waals surface area contributed by atoms with Crippen molar-refractivity contribution < 1.29 is 9.90 Å². The molecule has 0 bridgehead atoms. The van der Waals surface area contributed by atoms with Crippen molar-refractivity contribution in [3.8, 4) is 0 Å². The van der Waals surface area contributed by atoms with Crippen molar-refractivity contribution in [3.05, 3.63) is 29.6 Å². The third-order valence-electron chi connectivity index (χ3n) is 4.87. The third-order valence-corrected chi connectivity index (χ3v) is 4.87. The molecule has 1 fully saturated rings. The Morgan fingerprint density at radius 2 is 2.04 bits per heavy atom. The number of carbonyl (C=O) groups excluding carboxylic acids is 1. The van der Waals surface area contributed by atoms with E-state index in [2.05, 4.69) is 43.5 Å². The number of aliphatic hydroxyl groups is 1. The maximum atomic E-state index is 11.6. The van der Waals surface area contributed by atoms with Crippen LogP contribution >= 0.6 is 0 Å². The molecule has 124 valence electrons. The largest absolute Gasteiger partial charge is 0.387 e. The quantitative estimate of drug-likeness (QED) is 0.947. The van der Waals surface area contributed by atoms with E-state index in [0.717, 1.165) is 24.2 Å². The minimum Gasteiger partial charge on any atom is -0.387 e. The number of carbonyl (C=O) groups is 1. The van der Waals surface area contributed by atoms with Crippen LogP contribution in [0.3, 0.4) is 0 Å². The number of piperidine rings is 1. The van der Waals surface area contributed by atoms with Crippen molar-refractivity contribution in [3.63, 3.8) is 0 Å². The summed E-state index contributed by atoms with van der Waals surface area (Å²) in [5, 5.41) is 9.00. The fourth-order valence-electron chi connectivity index (χ4n) is 3.52. The van der Waals surface area contributed by atoms with Crippen LogP contribution in [0.25, 0.3) is 11.0 Å². The van der Waals surface area contributed by atoms with Gasteiger partial charge in [-0.3, -0.25) is 4.79 Å². The highest BCUT2D eigenvalue weighted by Gasteiger charge is 2.25. The lowest BCUT2D eigenvalue weighted by atomic mass is 10.0. The Hall–Kier alpha value is -1.88. The van der Waals surface area contributed by atoms with Crippen LogP contribution in [0.4, 0.5) is 0 Å². The molecule has 1 aliphatic heterocycles. The van der Waals surface area contributed by atoms with Gasteiger partial charge in [0.1, 0.15) is 12.4 Å². The van der Waals surface area contributed by atoms with Gasteiger partial charge in [0.15, 0.2) is 0 Å². The molecule has 1 amide bonds. The smallest absolute Gasteiger partial charge is 0.248 e. The zero-order valence-corrected chi connectivity index (χ0v) is 14.1. The van der Waals surface area contributed by atoms with Crippen molar-refractivity contribution in [2.75, 3.05) is 19.7 Å². The Kier molecular flexibility index (Phi) is 4.39. The summed E-state index contributed by atoms with van der Waals surface area (Å²) in [4.78, 5) is 18.1. The monoisotopic (exact) mass is 315 g/mol. The van der Waals surface area contributed by atoms with Crippen molar-refractivity contribution in [2.45, 2.75) is 45.6 Å². The van der Waals surface area contributed by atoms with E-state index in [-0.39, 0.29) is 5.91 Å². The maximum absolute atomic E-state index is 11.6. The van der Waals surface area contributed by atoms with Gasteiger partial charge in [0.2, 0.25) is 5.91 Å². The number of aromatic nitrogens is 2. The van der Waals surface area contributed by atoms with Crippen LogP contribution in [-0.4, -0.2) is 45.2 Å². The number of aliphatic hydroxyl groups excluding tert-OH is 1. The molecule has 5 heteroatoms. The molecule has 0 atom stereocenters. The van der Waals surface area contributed by atoms with E-state index in [0.29, 0.717) is 25.0 Å². The second kappa shape index (κ2) is 6.32. The first-order valence-corrected chi connectivity index (χ1v) is 8.38. The highest BCUT2D eigenvalue weighted by Crippen LogP contribution is 2.30. The molecule has 0 radical (unpaired) electrons. The van der Waals surface area contributed by atoms with Gasteiger partial charge >= 0.3 is 0 Å². The van der Waals surface area contributed by atoms with E-state index in [9.17, 15) is 4.79 Å². The van der Waals surface area contributed by atoms with Gasteiger partial charge in [-0.1, -0.05) is 19.9 Å². The van der Waals surface area contributed by atoms with E-state index < -0.39 is 6.61 Å². The van der Waals surface area contributed by atoms with Crippen LogP contribution in [-0.2, 0) is 4.79 Å². The highest BCUT2D eigenvalue weighted by molar-refractivity contribution is 5.78. The molecule has 0 aliphatic carbocycles. The number of rotatable bonds is 3. The fraction of sp³-hybridized carbons (Fsp3) is 0.556. The molecule has 2 heterocycles. The van der Waals surface area contributed by atoms with Crippen LogP contribution in [0.15, 0.2) is 18.2 Å². The Morgan fingerprint density at radius 3 is 2.65 bits per heavy atom. The topological polar surface area (TPSA) is 58.4 Å². The lowest BCUT2D eigenvalue weighted by molar-refractivity contribution is -0.135. The number of likely N-dealkylation sites (tertiary alicyclic amines) is 1. The molecule has 0 saturated carbocycles. The molecule has 0 unspecified atom stereocenters.